The minimum atomic E-state index is -0.151. The number of amides is 1. The predicted molar refractivity (Wildman–Crippen MR) is 160 cm³/mol. The van der Waals surface area contributed by atoms with Gasteiger partial charge < -0.3 is 21.1 Å². The Morgan fingerprint density at radius 3 is 1.77 bits per heavy atom. The van der Waals surface area contributed by atoms with Crippen LogP contribution in [0.1, 0.15) is 21.5 Å². The van der Waals surface area contributed by atoms with Crippen molar-refractivity contribution in [3.63, 3.8) is 0 Å². The number of hydrogen-bond donors (Lipinski definition) is 4. The van der Waals surface area contributed by atoms with Crippen molar-refractivity contribution in [2.24, 2.45) is 0 Å². The third-order valence-electron chi connectivity index (χ3n) is 7.16. The number of carbonyl (C=O) groups excluding carboxylic acids is 1. The number of nitrogens with one attached hydrogen (secondary N) is 3. The van der Waals surface area contributed by atoms with Crippen LogP contribution in [-0.4, -0.2) is 43.2 Å². The van der Waals surface area contributed by atoms with Gasteiger partial charge >= 0.3 is 0 Å². The molecule has 5 rings (SSSR count). The van der Waals surface area contributed by atoms with Gasteiger partial charge in [-0.25, -0.2) is 0 Å². The second-order valence-electron chi connectivity index (χ2n) is 10.2. The summed E-state index contributed by atoms with van der Waals surface area (Å²) >= 11 is 0. The Bertz CT molecular complexity index is 1550. The minimum absolute atomic E-state index is 0.122. The molecule has 5 nitrogen and oxygen atoms in total. The van der Waals surface area contributed by atoms with Crippen molar-refractivity contribution in [2.75, 3.05) is 20.1 Å². The lowest BCUT2D eigenvalue weighted by molar-refractivity contribution is 0.0935. The summed E-state index contributed by atoms with van der Waals surface area (Å²) in [4.78, 5) is 13.1. The summed E-state index contributed by atoms with van der Waals surface area (Å²) in [7, 11) is 1.97. The van der Waals surface area contributed by atoms with Crippen molar-refractivity contribution in [3.05, 3.63) is 126 Å². The highest BCUT2D eigenvalue weighted by Gasteiger charge is 2.18. The van der Waals surface area contributed by atoms with E-state index in [0.717, 1.165) is 13.0 Å². The standard InChI is InChI=1S/C34H35N3O2/c1-35-22-31(20-24-10-12-26-6-2-4-8-29(26)18-24)36-23-32(37-34(39)28-14-16-33(38)17-15-28)21-25-11-13-27-7-3-5-9-30(27)19-25/h2-19,31-32,35-36,38H,20-23H2,1H3,(H,37,39)/t31-,32+/m0/s1. The van der Waals surface area contributed by atoms with Crippen LogP contribution in [0.15, 0.2) is 109 Å². The van der Waals surface area contributed by atoms with Crippen molar-refractivity contribution >= 4 is 27.5 Å². The third kappa shape index (κ3) is 7.02. The van der Waals surface area contributed by atoms with Crippen molar-refractivity contribution < 1.29 is 9.90 Å². The van der Waals surface area contributed by atoms with E-state index in [-0.39, 0.29) is 23.7 Å². The maximum atomic E-state index is 13.1. The molecule has 5 aromatic carbocycles. The largest absolute Gasteiger partial charge is 0.508 e. The Hall–Kier alpha value is -4.19. The van der Waals surface area contributed by atoms with Gasteiger partial charge in [0.1, 0.15) is 5.75 Å². The summed E-state index contributed by atoms with van der Waals surface area (Å²) in [6, 6.07) is 36.3. The van der Waals surface area contributed by atoms with E-state index in [2.05, 4.69) is 88.7 Å². The average molecular weight is 518 g/mol. The van der Waals surface area contributed by atoms with Gasteiger partial charge in [-0.05, 0) is 76.8 Å². The number of likely N-dealkylation sites (N-methyl/N-ethyl adjacent to an activating group) is 1. The molecular weight excluding hydrogens is 482 g/mol. The Morgan fingerprint density at radius 2 is 1.21 bits per heavy atom. The molecule has 0 aliphatic carbocycles. The number of fused-ring (bicyclic) bond motifs is 2. The molecule has 198 valence electrons. The van der Waals surface area contributed by atoms with E-state index in [1.54, 1.807) is 12.1 Å². The van der Waals surface area contributed by atoms with Crippen LogP contribution < -0.4 is 16.0 Å². The molecule has 0 aliphatic rings. The number of rotatable bonds is 11. The number of phenols is 1. The van der Waals surface area contributed by atoms with Gasteiger partial charge in [-0.1, -0.05) is 84.9 Å². The van der Waals surface area contributed by atoms with Gasteiger partial charge in [-0.15, -0.1) is 0 Å². The highest BCUT2D eigenvalue weighted by atomic mass is 16.3. The molecule has 0 radical (unpaired) electrons. The number of hydrogen-bond acceptors (Lipinski definition) is 4. The molecule has 0 spiro atoms. The minimum Gasteiger partial charge on any atom is -0.508 e. The highest BCUT2D eigenvalue weighted by molar-refractivity contribution is 5.94. The van der Waals surface area contributed by atoms with Gasteiger partial charge in [0.2, 0.25) is 0 Å². The van der Waals surface area contributed by atoms with Gasteiger partial charge in [0.25, 0.3) is 5.91 Å². The van der Waals surface area contributed by atoms with Crippen molar-refractivity contribution in [2.45, 2.75) is 24.9 Å². The number of benzene rings is 5. The first-order valence-electron chi connectivity index (χ1n) is 13.5. The maximum absolute atomic E-state index is 13.1. The van der Waals surface area contributed by atoms with Gasteiger partial charge in [0.15, 0.2) is 0 Å². The summed E-state index contributed by atoms with van der Waals surface area (Å²) in [6.07, 6.45) is 1.57. The second kappa shape index (κ2) is 12.6. The van der Waals surface area contributed by atoms with E-state index >= 15 is 0 Å². The van der Waals surface area contributed by atoms with E-state index in [1.807, 2.05) is 19.2 Å². The molecule has 0 aliphatic heterocycles. The van der Waals surface area contributed by atoms with E-state index in [9.17, 15) is 9.90 Å². The zero-order valence-electron chi connectivity index (χ0n) is 22.2. The Labute approximate surface area is 229 Å². The molecule has 0 fully saturated rings. The summed E-state index contributed by atoms with van der Waals surface area (Å²) in [5.74, 6) is -0.00758. The molecule has 4 N–H and O–H groups in total. The number of phenolic OH excluding ortho intramolecular Hbond substituents is 1. The van der Waals surface area contributed by atoms with Crippen molar-refractivity contribution in [1.29, 1.82) is 0 Å². The van der Waals surface area contributed by atoms with Crippen LogP contribution in [0.25, 0.3) is 21.5 Å². The van der Waals surface area contributed by atoms with Crippen LogP contribution in [0.2, 0.25) is 0 Å². The van der Waals surface area contributed by atoms with Gasteiger partial charge in [0, 0.05) is 30.7 Å². The smallest absolute Gasteiger partial charge is 0.251 e. The van der Waals surface area contributed by atoms with Crippen molar-refractivity contribution in [1.82, 2.24) is 16.0 Å². The summed E-state index contributed by atoms with van der Waals surface area (Å²) in [5.41, 5.74) is 2.98. The highest BCUT2D eigenvalue weighted by Crippen LogP contribution is 2.19. The van der Waals surface area contributed by atoms with Gasteiger partial charge in [-0.3, -0.25) is 4.79 Å². The molecule has 0 heterocycles. The zero-order chi connectivity index (χ0) is 27.0. The topological polar surface area (TPSA) is 73.4 Å². The normalized spacial score (nSPS) is 12.8. The van der Waals surface area contributed by atoms with Crippen LogP contribution in [0.4, 0.5) is 0 Å². The Balaban J connectivity index is 1.32. The van der Waals surface area contributed by atoms with Crippen LogP contribution in [-0.2, 0) is 12.8 Å². The van der Waals surface area contributed by atoms with E-state index in [4.69, 9.17) is 0 Å². The fourth-order valence-corrected chi connectivity index (χ4v) is 5.13. The zero-order valence-corrected chi connectivity index (χ0v) is 22.2. The first kappa shape index (κ1) is 26.4. The van der Waals surface area contributed by atoms with E-state index in [0.29, 0.717) is 18.5 Å². The van der Waals surface area contributed by atoms with Crippen LogP contribution >= 0.6 is 0 Å². The summed E-state index contributed by atoms with van der Waals surface area (Å²) in [5, 5.41) is 24.8. The van der Waals surface area contributed by atoms with E-state index < -0.39 is 0 Å². The molecule has 5 heteroatoms. The lowest BCUT2D eigenvalue weighted by Gasteiger charge is -2.25. The summed E-state index contributed by atoms with van der Waals surface area (Å²) < 4.78 is 0. The predicted octanol–water partition coefficient (Wildman–Crippen LogP) is 5.46. The fraction of sp³-hybridized carbons (Fsp3) is 0.206. The van der Waals surface area contributed by atoms with Crippen LogP contribution in [0.3, 0.4) is 0 Å². The average Bonchev–Trinajstić information content (AvgIpc) is 2.96. The fourth-order valence-electron chi connectivity index (χ4n) is 5.13. The summed E-state index contributed by atoms with van der Waals surface area (Å²) in [6.45, 7) is 1.43. The van der Waals surface area contributed by atoms with Crippen LogP contribution in [0.5, 0.6) is 5.75 Å². The molecule has 2 atom stereocenters. The molecule has 0 bridgehead atoms. The molecule has 0 saturated carbocycles. The van der Waals surface area contributed by atoms with Crippen LogP contribution in [0, 0.1) is 0 Å². The number of aromatic hydroxyl groups is 1. The molecule has 5 aromatic rings. The Kier molecular flexibility index (Phi) is 8.51. The molecule has 1 amide bonds. The van der Waals surface area contributed by atoms with Gasteiger partial charge in [0.05, 0.1) is 0 Å². The van der Waals surface area contributed by atoms with Crippen molar-refractivity contribution in [3.8, 4) is 5.75 Å². The molecular formula is C34H35N3O2. The molecule has 0 aromatic heterocycles. The Morgan fingerprint density at radius 1 is 0.667 bits per heavy atom. The molecule has 0 saturated heterocycles. The lowest BCUT2D eigenvalue weighted by Crippen LogP contribution is -2.48. The third-order valence-corrected chi connectivity index (χ3v) is 7.16. The quantitative estimate of drug-likeness (QED) is 0.188. The SMILES string of the molecule is CNC[C@H](Cc1ccc2ccccc2c1)NC[C@@H](Cc1ccc2ccccc2c1)NC(=O)c1ccc(O)cc1. The monoisotopic (exact) mass is 517 g/mol. The molecule has 0 unspecified atom stereocenters. The maximum Gasteiger partial charge on any atom is 0.251 e. The first-order valence-corrected chi connectivity index (χ1v) is 13.5. The molecule has 39 heavy (non-hydrogen) atoms. The van der Waals surface area contributed by atoms with Gasteiger partial charge in [-0.2, -0.15) is 0 Å². The number of carbonyl (C=O) groups is 1. The second-order valence-corrected chi connectivity index (χ2v) is 10.2. The van der Waals surface area contributed by atoms with E-state index in [1.165, 1.54) is 44.8 Å². The lowest BCUT2D eigenvalue weighted by atomic mass is 9.99. The first-order chi connectivity index (χ1) is 19.1.